The first-order chi connectivity index (χ1) is 27.0. The molecule has 1 amide bonds. The topological polar surface area (TPSA) is 95.9 Å². The first-order valence-electron chi connectivity index (χ1n) is 24.4. The second-order valence-electron chi connectivity index (χ2n) is 16.8. The summed E-state index contributed by atoms with van der Waals surface area (Å²) in [7, 11) is 0. The molecule has 0 bridgehead atoms. The number of amides is 1. The highest BCUT2D eigenvalue weighted by atomic mass is 16.5. The van der Waals surface area contributed by atoms with Crippen molar-refractivity contribution in [3.05, 3.63) is 12.2 Å². The summed E-state index contributed by atoms with van der Waals surface area (Å²) in [5, 5.41) is 23.0. The van der Waals surface area contributed by atoms with Gasteiger partial charge in [0.05, 0.1) is 25.4 Å². The lowest BCUT2D eigenvalue weighted by Crippen LogP contribution is -2.45. The van der Waals surface area contributed by atoms with Gasteiger partial charge < -0.3 is 20.3 Å². The summed E-state index contributed by atoms with van der Waals surface area (Å²) in [5.41, 5.74) is 0. The van der Waals surface area contributed by atoms with Gasteiger partial charge in [0, 0.05) is 12.8 Å². The van der Waals surface area contributed by atoms with Crippen molar-refractivity contribution >= 4 is 11.9 Å². The molecule has 0 aliphatic carbocycles. The highest BCUT2D eigenvalue weighted by molar-refractivity contribution is 5.76. The summed E-state index contributed by atoms with van der Waals surface area (Å²) < 4.78 is 5.46. The molecular weight excluding hydrogens is 683 g/mol. The Morgan fingerprint density at radius 2 is 0.855 bits per heavy atom. The number of carbonyl (C=O) groups excluding carboxylic acids is 2. The minimum Gasteiger partial charge on any atom is -0.466 e. The Bertz CT molecular complexity index is 817. The lowest BCUT2D eigenvalue weighted by atomic mass is 10.0. The van der Waals surface area contributed by atoms with Gasteiger partial charge in [0.25, 0.3) is 0 Å². The van der Waals surface area contributed by atoms with E-state index in [0.717, 1.165) is 57.8 Å². The molecule has 0 heterocycles. The van der Waals surface area contributed by atoms with Crippen LogP contribution >= 0.6 is 0 Å². The lowest BCUT2D eigenvalue weighted by molar-refractivity contribution is -0.143. The first kappa shape index (κ1) is 53.6. The molecular formula is C49H95NO5. The fourth-order valence-corrected chi connectivity index (χ4v) is 7.51. The van der Waals surface area contributed by atoms with E-state index in [9.17, 15) is 19.8 Å². The molecule has 6 heteroatoms. The number of rotatable bonds is 45. The molecule has 0 fully saturated rings. The molecule has 0 aliphatic rings. The van der Waals surface area contributed by atoms with Crippen LogP contribution in [0, 0.1) is 0 Å². The Hall–Kier alpha value is -1.40. The van der Waals surface area contributed by atoms with Crippen molar-refractivity contribution in [2.24, 2.45) is 0 Å². The molecule has 6 nitrogen and oxygen atoms in total. The number of ether oxygens (including phenoxy) is 1. The maximum Gasteiger partial charge on any atom is 0.305 e. The zero-order valence-electron chi connectivity index (χ0n) is 36.9. The molecule has 0 radical (unpaired) electrons. The number of carbonyl (C=O) groups is 2. The zero-order valence-corrected chi connectivity index (χ0v) is 36.9. The Kier molecular flexibility index (Phi) is 44.2. The molecule has 0 aromatic rings. The molecule has 0 aromatic heterocycles. The van der Waals surface area contributed by atoms with E-state index in [1.165, 1.54) is 173 Å². The monoisotopic (exact) mass is 778 g/mol. The molecule has 0 saturated carbocycles. The van der Waals surface area contributed by atoms with Gasteiger partial charge in [-0.3, -0.25) is 9.59 Å². The van der Waals surface area contributed by atoms with Crippen LogP contribution in [0.3, 0.4) is 0 Å². The quantitative estimate of drug-likeness (QED) is 0.0325. The average Bonchev–Trinajstić information content (AvgIpc) is 3.18. The van der Waals surface area contributed by atoms with E-state index < -0.39 is 12.1 Å². The summed E-state index contributed by atoms with van der Waals surface area (Å²) in [4.78, 5) is 24.4. The molecule has 0 saturated heterocycles. The minimum atomic E-state index is -0.671. The molecule has 0 aliphatic heterocycles. The SMILES string of the molecule is CCCCCCCC/C=C\CCCCCCCCCC(=O)OCCCCCCCCCCCCCCC(=O)NC(CO)C(O)CCCCCCCCCCC. The number of unbranched alkanes of at least 4 members (excludes halogenated alkanes) is 32. The number of aliphatic hydroxyl groups excluding tert-OH is 2. The Labute approximate surface area is 342 Å². The first-order valence-corrected chi connectivity index (χ1v) is 24.4. The maximum atomic E-state index is 12.4. The van der Waals surface area contributed by atoms with Gasteiger partial charge in [-0.2, -0.15) is 0 Å². The molecule has 326 valence electrons. The molecule has 0 spiro atoms. The summed E-state index contributed by atoms with van der Waals surface area (Å²) >= 11 is 0. The van der Waals surface area contributed by atoms with Crippen LogP contribution in [0.15, 0.2) is 12.2 Å². The number of aliphatic hydroxyl groups is 2. The van der Waals surface area contributed by atoms with Crippen LogP contribution in [0.5, 0.6) is 0 Å². The Balaban J connectivity index is 3.42. The van der Waals surface area contributed by atoms with Crippen LogP contribution < -0.4 is 5.32 Å². The summed E-state index contributed by atoms with van der Waals surface area (Å²) in [6.45, 7) is 4.89. The molecule has 3 N–H and O–H groups in total. The summed E-state index contributed by atoms with van der Waals surface area (Å²) in [6.07, 6.45) is 50.3. The number of hydrogen-bond donors (Lipinski definition) is 3. The fraction of sp³-hybridized carbons (Fsp3) is 0.918. The maximum absolute atomic E-state index is 12.4. The standard InChI is InChI=1S/C49H95NO5/c1-3-5-7-9-11-13-14-15-16-17-18-19-23-27-31-35-39-43-49(54)55-44-40-36-32-28-24-21-20-22-26-30-34-38-42-48(53)50-46(45-51)47(52)41-37-33-29-25-12-10-8-6-4-2/h15-16,46-47,51-52H,3-14,17-45H2,1-2H3,(H,50,53)/b16-15-. The highest BCUT2D eigenvalue weighted by Gasteiger charge is 2.20. The average molecular weight is 778 g/mol. The van der Waals surface area contributed by atoms with Crippen LogP contribution in [0.25, 0.3) is 0 Å². The van der Waals surface area contributed by atoms with E-state index in [1.807, 2.05) is 0 Å². The van der Waals surface area contributed by atoms with Crippen LogP contribution in [-0.4, -0.2) is 47.4 Å². The van der Waals surface area contributed by atoms with Gasteiger partial charge in [-0.25, -0.2) is 0 Å². The van der Waals surface area contributed by atoms with E-state index in [2.05, 4.69) is 31.3 Å². The van der Waals surface area contributed by atoms with Gasteiger partial charge >= 0.3 is 5.97 Å². The molecule has 2 unspecified atom stereocenters. The smallest absolute Gasteiger partial charge is 0.305 e. The van der Waals surface area contributed by atoms with Crippen LogP contribution in [0.4, 0.5) is 0 Å². The second kappa shape index (κ2) is 45.3. The van der Waals surface area contributed by atoms with Gasteiger partial charge in [0.15, 0.2) is 0 Å². The third kappa shape index (κ3) is 42.0. The van der Waals surface area contributed by atoms with Crippen LogP contribution in [0.1, 0.15) is 264 Å². The predicted molar refractivity (Wildman–Crippen MR) is 237 cm³/mol. The van der Waals surface area contributed by atoms with Crippen LogP contribution in [0.2, 0.25) is 0 Å². The van der Waals surface area contributed by atoms with Gasteiger partial charge in [-0.05, 0) is 51.4 Å². The summed E-state index contributed by atoms with van der Waals surface area (Å²) in [6, 6.07) is -0.550. The zero-order chi connectivity index (χ0) is 40.1. The fourth-order valence-electron chi connectivity index (χ4n) is 7.51. The lowest BCUT2D eigenvalue weighted by Gasteiger charge is -2.22. The van der Waals surface area contributed by atoms with Gasteiger partial charge in [-0.1, -0.05) is 212 Å². The molecule has 0 aromatic carbocycles. The number of esters is 1. The van der Waals surface area contributed by atoms with Crippen molar-refractivity contribution in [1.82, 2.24) is 5.32 Å². The molecule has 2 atom stereocenters. The normalized spacial score (nSPS) is 12.7. The van der Waals surface area contributed by atoms with Crippen molar-refractivity contribution in [2.75, 3.05) is 13.2 Å². The van der Waals surface area contributed by atoms with Crippen molar-refractivity contribution in [1.29, 1.82) is 0 Å². The van der Waals surface area contributed by atoms with E-state index in [0.29, 0.717) is 25.9 Å². The number of nitrogens with one attached hydrogen (secondary N) is 1. The van der Waals surface area contributed by atoms with Gasteiger partial charge in [-0.15, -0.1) is 0 Å². The van der Waals surface area contributed by atoms with Crippen LogP contribution in [-0.2, 0) is 14.3 Å². The van der Waals surface area contributed by atoms with Crippen molar-refractivity contribution < 1.29 is 24.5 Å². The molecule has 55 heavy (non-hydrogen) atoms. The third-order valence-electron chi connectivity index (χ3n) is 11.3. The van der Waals surface area contributed by atoms with E-state index >= 15 is 0 Å². The van der Waals surface area contributed by atoms with Crippen molar-refractivity contribution in [2.45, 2.75) is 276 Å². The van der Waals surface area contributed by atoms with Crippen molar-refractivity contribution in [3.8, 4) is 0 Å². The second-order valence-corrected chi connectivity index (χ2v) is 16.8. The number of hydrogen-bond acceptors (Lipinski definition) is 5. The highest BCUT2D eigenvalue weighted by Crippen LogP contribution is 2.16. The summed E-state index contributed by atoms with van der Waals surface area (Å²) in [5.74, 6) is -0.0661. The molecule has 0 rings (SSSR count). The van der Waals surface area contributed by atoms with Gasteiger partial charge in [0.1, 0.15) is 0 Å². The minimum absolute atomic E-state index is 0.0130. The largest absolute Gasteiger partial charge is 0.466 e. The van der Waals surface area contributed by atoms with E-state index in [-0.39, 0.29) is 18.5 Å². The van der Waals surface area contributed by atoms with E-state index in [4.69, 9.17) is 4.74 Å². The Morgan fingerprint density at radius 1 is 0.491 bits per heavy atom. The third-order valence-corrected chi connectivity index (χ3v) is 11.3. The van der Waals surface area contributed by atoms with Gasteiger partial charge in [0.2, 0.25) is 5.91 Å². The Morgan fingerprint density at radius 3 is 1.29 bits per heavy atom. The predicted octanol–water partition coefficient (Wildman–Crippen LogP) is 14.2. The van der Waals surface area contributed by atoms with Crippen molar-refractivity contribution in [3.63, 3.8) is 0 Å². The van der Waals surface area contributed by atoms with E-state index in [1.54, 1.807) is 0 Å². The number of allylic oxidation sites excluding steroid dienone is 2.